The van der Waals surface area contributed by atoms with Crippen LogP contribution in [0.5, 0.6) is 11.5 Å². The van der Waals surface area contributed by atoms with Crippen LogP contribution in [0.15, 0.2) is 18.2 Å². The molecule has 1 aromatic carbocycles. The van der Waals surface area contributed by atoms with Crippen molar-refractivity contribution in [2.24, 2.45) is 5.41 Å². The van der Waals surface area contributed by atoms with Gasteiger partial charge in [0.05, 0.1) is 11.0 Å². The Morgan fingerprint density at radius 3 is 2.48 bits per heavy atom. The number of benzene rings is 1. The predicted octanol–water partition coefficient (Wildman–Crippen LogP) is 3.45. The standard InChI is InChI=1S/C18H21F2NO4/c1-2-17(23)7-5-16(6-8-17)9-10-21(15(16)22)12-3-4-13-14(11-12)25-18(19,20)24-13/h3-4,11,23H,2,5-10H2,1H3/t16-,17-. The van der Waals surface area contributed by atoms with E-state index in [-0.39, 0.29) is 17.4 Å². The van der Waals surface area contributed by atoms with E-state index in [9.17, 15) is 18.7 Å². The zero-order valence-corrected chi connectivity index (χ0v) is 14.1. The number of fused-ring (bicyclic) bond motifs is 1. The summed E-state index contributed by atoms with van der Waals surface area (Å²) >= 11 is 0. The molecule has 5 nitrogen and oxygen atoms in total. The molecule has 2 fully saturated rings. The highest BCUT2D eigenvalue weighted by atomic mass is 19.3. The largest absolute Gasteiger partial charge is 0.586 e. The predicted molar refractivity (Wildman–Crippen MR) is 85.8 cm³/mol. The molecular weight excluding hydrogens is 332 g/mol. The minimum absolute atomic E-state index is 0.0104. The van der Waals surface area contributed by atoms with Gasteiger partial charge in [-0.25, -0.2) is 0 Å². The van der Waals surface area contributed by atoms with Gasteiger partial charge in [-0.05, 0) is 50.7 Å². The number of carbonyl (C=O) groups is 1. The number of hydrogen-bond donors (Lipinski definition) is 1. The molecule has 0 atom stereocenters. The van der Waals surface area contributed by atoms with Crippen molar-refractivity contribution in [3.8, 4) is 11.5 Å². The van der Waals surface area contributed by atoms with Crippen molar-refractivity contribution in [1.82, 2.24) is 0 Å². The topological polar surface area (TPSA) is 59.0 Å². The third kappa shape index (κ3) is 2.65. The van der Waals surface area contributed by atoms with Gasteiger partial charge >= 0.3 is 6.29 Å². The van der Waals surface area contributed by atoms with Crippen molar-refractivity contribution < 1.29 is 28.2 Å². The highest BCUT2D eigenvalue weighted by Crippen LogP contribution is 2.50. The SMILES string of the molecule is CC[C@]1(O)CC[C@@]2(CCN(c3ccc4c(c3)OC(F)(F)O4)C2=O)CC1. The van der Waals surface area contributed by atoms with Crippen molar-refractivity contribution in [2.75, 3.05) is 11.4 Å². The van der Waals surface area contributed by atoms with Crippen molar-refractivity contribution in [1.29, 1.82) is 0 Å². The van der Waals surface area contributed by atoms with E-state index < -0.39 is 17.3 Å². The van der Waals surface area contributed by atoms with Crippen molar-refractivity contribution in [2.45, 2.75) is 57.3 Å². The normalized spacial score (nSPS) is 33.3. The fraction of sp³-hybridized carbons (Fsp3) is 0.611. The fourth-order valence-electron chi connectivity index (χ4n) is 4.18. The number of anilines is 1. The minimum atomic E-state index is -3.66. The molecule has 1 spiro atoms. The quantitative estimate of drug-likeness (QED) is 0.885. The average Bonchev–Trinajstić information content (AvgIpc) is 3.06. The van der Waals surface area contributed by atoms with E-state index in [1.165, 1.54) is 12.1 Å². The molecule has 4 rings (SSSR count). The summed E-state index contributed by atoms with van der Waals surface area (Å²) < 4.78 is 35.2. The van der Waals surface area contributed by atoms with Crippen LogP contribution in [-0.2, 0) is 4.79 Å². The van der Waals surface area contributed by atoms with E-state index in [1.807, 2.05) is 6.92 Å². The van der Waals surface area contributed by atoms with Crippen LogP contribution in [-0.4, -0.2) is 29.5 Å². The zero-order valence-electron chi connectivity index (χ0n) is 14.1. The summed E-state index contributed by atoms with van der Waals surface area (Å²) in [5, 5.41) is 10.4. The van der Waals surface area contributed by atoms with Crippen molar-refractivity contribution in [3.63, 3.8) is 0 Å². The summed E-state index contributed by atoms with van der Waals surface area (Å²) in [4.78, 5) is 14.7. The third-order valence-corrected chi connectivity index (χ3v) is 6.01. The summed E-state index contributed by atoms with van der Waals surface area (Å²) in [5.74, 6) is -0.0719. The van der Waals surface area contributed by atoms with Gasteiger partial charge in [0.15, 0.2) is 11.5 Å². The Morgan fingerprint density at radius 1 is 1.12 bits per heavy atom. The number of aliphatic hydroxyl groups is 1. The summed E-state index contributed by atoms with van der Waals surface area (Å²) in [5.41, 5.74) is -0.566. The van der Waals surface area contributed by atoms with E-state index >= 15 is 0 Å². The molecule has 0 unspecified atom stereocenters. The van der Waals surface area contributed by atoms with Gasteiger partial charge in [0.1, 0.15) is 0 Å². The molecule has 1 aliphatic carbocycles. The molecule has 0 bridgehead atoms. The van der Waals surface area contributed by atoms with Crippen LogP contribution < -0.4 is 14.4 Å². The van der Waals surface area contributed by atoms with E-state index in [2.05, 4.69) is 9.47 Å². The van der Waals surface area contributed by atoms with Gasteiger partial charge in [0.2, 0.25) is 5.91 Å². The minimum Gasteiger partial charge on any atom is -0.395 e. The van der Waals surface area contributed by atoms with Gasteiger partial charge in [0, 0.05) is 18.3 Å². The smallest absolute Gasteiger partial charge is 0.395 e. The lowest BCUT2D eigenvalue weighted by Gasteiger charge is -2.40. The van der Waals surface area contributed by atoms with E-state index in [1.54, 1.807) is 11.0 Å². The number of amides is 1. The lowest BCUT2D eigenvalue weighted by Crippen LogP contribution is -2.43. The number of alkyl halides is 2. The maximum absolute atomic E-state index is 13.2. The number of halogens is 2. The van der Waals surface area contributed by atoms with Crippen LogP contribution in [0.2, 0.25) is 0 Å². The van der Waals surface area contributed by atoms with Gasteiger partial charge < -0.3 is 19.5 Å². The van der Waals surface area contributed by atoms with E-state index in [0.717, 1.165) is 6.42 Å². The van der Waals surface area contributed by atoms with Gasteiger partial charge in [0.25, 0.3) is 0 Å². The Kier molecular flexibility index (Phi) is 3.51. The van der Waals surface area contributed by atoms with Crippen molar-refractivity contribution >= 4 is 11.6 Å². The molecule has 136 valence electrons. The Balaban J connectivity index is 1.54. The van der Waals surface area contributed by atoms with Gasteiger partial charge in [-0.2, -0.15) is 0 Å². The monoisotopic (exact) mass is 353 g/mol. The maximum Gasteiger partial charge on any atom is 0.586 e. The second-order valence-corrected chi connectivity index (χ2v) is 7.36. The number of nitrogens with zero attached hydrogens (tertiary/aromatic N) is 1. The first kappa shape index (κ1) is 16.6. The first-order valence-corrected chi connectivity index (χ1v) is 8.70. The highest BCUT2D eigenvalue weighted by Gasteiger charge is 2.51. The molecule has 1 saturated carbocycles. The van der Waals surface area contributed by atoms with Crippen LogP contribution in [0, 0.1) is 5.41 Å². The molecule has 1 aromatic rings. The molecule has 1 amide bonds. The molecule has 2 heterocycles. The van der Waals surface area contributed by atoms with Gasteiger partial charge in [-0.1, -0.05) is 6.92 Å². The van der Waals surface area contributed by atoms with Gasteiger partial charge in [-0.3, -0.25) is 4.79 Å². The molecule has 1 saturated heterocycles. The van der Waals surface area contributed by atoms with Crippen LogP contribution >= 0.6 is 0 Å². The lowest BCUT2D eigenvalue weighted by molar-refractivity contribution is -0.286. The molecular formula is C18H21F2NO4. The second kappa shape index (κ2) is 5.30. The van der Waals surface area contributed by atoms with Crippen LogP contribution in [0.4, 0.5) is 14.5 Å². The third-order valence-electron chi connectivity index (χ3n) is 6.01. The molecule has 1 N–H and O–H groups in total. The first-order chi connectivity index (χ1) is 11.8. The second-order valence-electron chi connectivity index (χ2n) is 7.36. The summed E-state index contributed by atoms with van der Waals surface area (Å²) in [6, 6.07) is 4.44. The Labute approximate surface area is 144 Å². The number of carbonyl (C=O) groups excluding carboxylic acids is 1. The van der Waals surface area contributed by atoms with Gasteiger partial charge in [-0.15, -0.1) is 8.78 Å². The first-order valence-electron chi connectivity index (χ1n) is 8.70. The molecule has 3 aliphatic rings. The Morgan fingerprint density at radius 2 is 1.80 bits per heavy atom. The summed E-state index contributed by atoms with van der Waals surface area (Å²) in [6.45, 7) is 2.50. The van der Waals surface area contributed by atoms with Crippen molar-refractivity contribution in [3.05, 3.63) is 18.2 Å². The molecule has 0 aromatic heterocycles. The van der Waals surface area contributed by atoms with Crippen LogP contribution in [0.25, 0.3) is 0 Å². The fourth-order valence-corrected chi connectivity index (χ4v) is 4.18. The zero-order chi connectivity index (χ0) is 17.9. The lowest BCUT2D eigenvalue weighted by atomic mass is 9.67. The van der Waals surface area contributed by atoms with Crippen LogP contribution in [0.1, 0.15) is 45.4 Å². The number of hydrogen-bond acceptors (Lipinski definition) is 4. The number of ether oxygens (including phenoxy) is 2. The molecule has 2 aliphatic heterocycles. The van der Waals surface area contributed by atoms with Crippen LogP contribution in [0.3, 0.4) is 0 Å². The maximum atomic E-state index is 13.2. The summed E-state index contributed by atoms with van der Waals surface area (Å²) in [7, 11) is 0. The summed E-state index contributed by atoms with van der Waals surface area (Å²) in [6.07, 6.45) is 0.316. The Hall–Kier alpha value is -1.89. The highest BCUT2D eigenvalue weighted by molar-refractivity contribution is 6.00. The Bertz CT molecular complexity index is 713. The molecule has 25 heavy (non-hydrogen) atoms. The van der Waals surface area contributed by atoms with E-state index in [4.69, 9.17) is 0 Å². The molecule has 0 radical (unpaired) electrons. The molecule has 7 heteroatoms. The number of rotatable bonds is 2. The van der Waals surface area contributed by atoms with E-state index in [0.29, 0.717) is 44.3 Å². The average molecular weight is 353 g/mol.